The first-order valence-corrected chi connectivity index (χ1v) is 9.06. The van der Waals surface area contributed by atoms with Gasteiger partial charge in [-0.2, -0.15) is 18.3 Å². The molecule has 0 radical (unpaired) electrons. The van der Waals surface area contributed by atoms with Crippen molar-refractivity contribution < 1.29 is 27.5 Å². The Bertz CT molecular complexity index is 1140. The van der Waals surface area contributed by atoms with Crippen LogP contribution in [0.4, 0.5) is 19.0 Å². The minimum Gasteiger partial charge on any atom is -0.448 e. The zero-order valence-electron chi connectivity index (χ0n) is 15.7. The molecule has 0 spiro atoms. The van der Waals surface area contributed by atoms with E-state index in [9.17, 15) is 22.8 Å². The van der Waals surface area contributed by atoms with Gasteiger partial charge in [0.15, 0.2) is 6.10 Å². The zero-order chi connectivity index (χ0) is 21.5. The number of nitrogens with one attached hydrogen (secondary N) is 1. The Labute approximate surface area is 169 Å². The van der Waals surface area contributed by atoms with Crippen LogP contribution in [-0.2, 0) is 22.1 Å². The van der Waals surface area contributed by atoms with Crippen LogP contribution in [0.1, 0.15) is 27.2 Å². The molecule has 1 N–H and O–H groups in total. The first-order valence-electron chi connectivity index (χ1n) is 9.06. The predicted molar refractivity (Wildman–Crippen MR) is 101 cm³/mol. The number of halogens is 3. The van der Waals surface area contributed by atoms with Crippen LogP contribution < -0.4 is 5.32 Å². The Hall–Kier alpha value is -3.62. The van der Waals surface area contributed by atoms with E-state index in [-0.39, 0.29) is 17.9 Å². The molecule has 0 aliphatic carbocycles. The summed E-state index contributed by atoms with van der Waals surface area (Å²) < 4.78 is 45.6. The molecule has 30 heavy (non-hydrogen) atoms. The van der Waals surface area contributed by atoms with Crippen LogP contribution in [0.15, 0.2) is 54.6 Å². The fourth-order valence-electron chi connectivity index (χ4n) is 3.28. The number of amides is 1. The lowest BCUT2D eigenvalue weighted by molar-refractivity contribution is -0.137. The van der Waals surface area contributed by atoms with Crippen LogP contribution >= 0.6 is 0 Å². The average Bonchev–Trinajstić information content (AvgIpc) is 3.07. The molecule has 3 aromatic rings. The van der Waals surface area contributed by atoms with Crippen molar-refractivity contribution >= 4 is 17.7 Å². The number of hydrogen-bond donors (Lipinski definition) is 1. The van der Waals surface area contributed by atoms with E-state index in [2.05, 4.69) is 10.4 Å². The molecule has 9 heteroatoms. The number of benzene rings is 2. The summed E-state index contributed by atoms with van der Waals surface area (Å²) in [5, 5.41) is 6.79. The summed E-state index contributed by atoms with van der Waals surface area (Å²) in [6.07, 6.45) is -5.37. The zero-order valence-corrected chi connectivity index (χ0v) is 15.7. The number of anilines is 1. The van der Waals surface area contributed by atoms with Crippen LogP contribution in [0.3, 0.4) is 0 Å². The van der Waals surface area contributed by atoms with E-state index in [1.54, 1.807) is 31.2 Å². The Balaban J connectivity index is 1.60. The van der Waals surface area contributed by atoms with E-state index < -0.39 is 29.7 Å². The fraction of sp³-hybridized carbons (Fsp3) is 0.190. The van der Waals surface area contributed by atoms with Gasteiger partial charge in [-0.3, -0.25) is 4.79 Å². The number of esters is 1. The number of alkyl halides is 3. The minimum atomic E-state index is -4.51. The molecule has 0 fully saturated rings. The molecular formula is C21H16F3N3O3. The van der Waals surface area contributed by atoms with Crippen molar-refractivity contribution in [3.8, 4) is 5.69 Å². The lowest BCUT2D eigenvalue weighted by Gasteiger charge is -2.23. The van der Waals surface area contributed by atoms with Gasteiger partial charge in [0.25, 0.3) is 5.91 Å². The Morgan fingerprint density at radius 3 is 2.70 bits per heavy atom. The van der Waals surface area contributed by atoms with Crippen LogP contribution in [-0.4, -0.2) is 27.8 Å². The maximum Gasteiger partial charge on any atom is 0.416 e. The molecule has 2 heterocycles. The monoisotopic (exact) mass is 415 g/mol. The number of aromatic nitrogens is 2. The molecule has 1 atom stereocenters. The Morgan fingerprint density at radius 1 is 1.17 bits per heavy atom. The molecule has 6 nitrogen and oxygen atoms in total. The van der Waals surface area contributed by atoms with Gasteiger partial charge in [-0.25, -0.2) is 9.48 Å². The van der Waals surface area contributed by atoms with Crippen LogP contribution in [0, 0.1) is 6.92 Å². The van der Waals surface area contributed by atoms with Gasteiger partial charge < -0.3 is 10.1 Å². The molecular weight excluding hydrogens is 399 g/mol. The average molecular weight is 415 g/mol. The first-order chi connectivity index (χ1) is 14.2. The van der Waals surface area contributed by atoms with E-state index >= 15 is 0 Å². The largest absolute Gasteiger partial charge is 0.448 e. The highest BCUT2D eigenvalue weighted by atomic mass is 19.4. The van der Waals surface area contributed by atoms with Crippen molar-refractivity contribution in [1.29, 1.82) is 0 Å². The number of hydrogen-bond acceptors (Lipinski definition) is 4. The standard InChI is InChI=1S/C21H16F3N3O3/c1-12-9-18(27(26-12)15-7-4-6-14(11-15)21(22,23)24)25-19(28)17-10-13-5-2-3-8-16(13)20(29)30-17/h2-9,11,17H,10H2,1H3,(H,25,28). The lowest BCUT2D eigenvalue weighted by Crippen LogP contribution is -2.38. The van der Waals surface area contributed by atoms with Gasteiger partial charge in [-0.05, 0) is 36.8 Å². The molecule has 2 aromatic carbocycles. The first kappa shape index (κ1) is 19.7. The highest BCUT2D eigenvalue weighted by Gasteiger charge is 2.32. The van der Waals surface area contributed by atoms with Gasteiger partial charge in [-0.1, -0.05) is 24.3 Å². The van der Waals surface area contributed by atoms with Gasteiger partial charge in [0, 0.05) is 12.5 Å². The second-order valence-electron chi connectivity index (χ2n) is 6.88. The van der Waals surface area contributed by atoms with Gasteiger partial charge >= 0.3 is 12.1 Å². The molecule has 1 aliphatic heterocycles. The topological polar surface area (TPSA) is 73.2 Å². The second kappa shape index (κ2) is 7.33. The maximum absolute atomic E-state index is 13.1. The van der Waals surface area contributed by atoms with Crippen molar-refractivity contribution in [3.63, 3.8) is 0 Å². The molecule has 1 aliphatic rings. The SMILES string of the molecule is Cc1cc(NC(=O)C2Cc3ccccc3C(=O)O2)n(-c2cccc(C(F)(F)F)c2)n1. The summed E-state index contributed by atoms with van der Waals surface area (Å²) in [6, 6.07) is 13.0. The van der Waals surface area contributed by atoms with Gasteiger partial charge in [0.2, 0.25) is 0 Å². The van der Waals surface area contributed by atoms with Crippen molar-refractivity contribution in [2.75, 3.05) is 5.32 Å². The van der Waals surface area contributed by atoms with Gasteiger partial charge in [0.05, 0.1) is 22.5 Å². The quantitative estimate of drug-likeness (QED) is 0.658. The van der Waals surface area contributed by atoms with Crippen molar-refractivity contribution in [1.82, 2.24) is 9.78 Å². The number of rotatable bonds is 3. The number of fused-ring (bicyclic) bond motifs is 1. The van der Waals surface area contributed by atoms with Crippen LogP contribution in [0.2, 0.25) is 0 Å². The highest BCUT2D eigenvalue weighted by molar-refractivity contribution is 5.99. The third kappa shape index (κ3) is 3.78. The van der Waals surface area contributed by atoms with E-state index in [1.165, 1.54) is 22.9 Å². The van der Waals surface area contributed by atoms with E-state index in [0.29, 0.717) is 16.8 Å². The number of carbonyl (C=O) groups is 2. The third-order valence-corrected chi connectivity index (χ3v) is 4.69. The minimum absolute atomic E-state index is 0.138. The Morgan fingerprint density at radius 2 is 1.93 bits per heavy atom. The number of aryl methyl sites for hydroxylation is 1. The maximum atomic E-state index is 13.1. The van der Waals surface area contributed by atoms with Crippen molar-refractivity contribution in [3.05, 3.63) is 77.0 Å². The van der Waals surface area contributed by atoms with Crippen LogP contribution in [0.5, 0.6) is 0 Å². The van der Waals surface area contributed by atoms with Crippen molar-refractivity contribution in [2.45, 2.75) is 25.6 Å². The van der Waals surface area contributed by atoms with Gasteiger partial charge in [0.1, 0.15) is 5.82 Å². The number of nitrogens with zero attached hydrogens (tertiary/aromatic N) is 2. The molecule has 1 aromatic heterocycles. The number of ether oxygens (including phenoxy) is 1. The number of cyclic esters (lactones) is 1. The molecule has 154 valence electrons. The molecule has 0 saturated heterocycles. The molecule has 0 bridgehead atoms. The molecule has 1 amide bonds. The lowest BCUT2D eigenvalue weighted by atomic mass is 9.98. The van der Waals surface area contributed by atoms with E-state index in [1.807, 2.05) is 0 Å². The van der Waals surface area contributed by atoms with Crippen molar-refractivity contribution in [2.24, 2.45) is 0 Å². The van der Waals surface area contributed by atoms with E-state index in [4.69, 9.17) is 4.74 Å². The fourth-order valence-corrected chi connectivity index (χ4v) is 3.28. The third-order valence-electron chi connectivity index (χ3n) is 4.69. The highest BCUT2D eigenvalue weighted by Crippen LogP contribution is 2.31. The smallest absolute Gasteiger partial charge is 0.416 e. The summed E-state index contributed by atoms with van der Waals surface area (Å²) >= 11 is 0. The number of carbonyl (C=O) groups excluding carboxylic acids is 2. The summed E-state index contributed by atoms with van der Waals surface area (Å²) in [5.41, 5.74) is 0.902. The summed E-state index contributed by atoms with van der Waals surface area (Å²) in [7, 11) is 0. The summed E-state index contributed by atoms with van der Waals surface area (Å²) in [4.78, 5) is 24.9. The summed E-state index contributed by atoms with van der Waals surface area (Å²) in [6.45, 7) is 1.65. The normalized spacial score (nSPS) is 16.0. The second-order valence-corrected chi connectivity index (χ2v) is 6.88. The molecule has 4 rings (SSSR count). The molecule has 0 saturated carbocycles. The molecule has 1 unspecified atom stereocenters. The van der Waals surface area contributed by atoms with Crippen LogP contribution in [0.25, 0.3) is 5.69 Å². The Kier molecular flexibility index (Phi) is 4.81. The van der Waals surface area contributed by atoms with Gasteiger partial charge in [-0.15, -0.1) is 0 Å². The van der Waals surface area contributed by atoms with E-state index in [0.717, 1.165) is 12.1 Å². The summed E-state index contributed by atoms with van der Waals surface area (Å²) in [5.74, 6) is -1.02. The predicted octanol–water partition coefficient (Wildman–Crippen LogP) is 3.92.